The summed E-state index contributed by atoms with van der Waals surface area (Å²) < 4.78 is 102. The van der Waals surface area contributed by atoms with E-state index in [2.05, 4.69) is 0 Å². The van der Waals surface area contributed by atoms with Crippen molar-refractivity contribution in [2.75, 3.05) is 19.8 Å². The van der Waals surface area contributed by atoms with Crippen molar-refractivity contribution in [1.82, 2.24) is 0 Å². The minimum atomic E-state index is -1.90. The van der Waals surface area contributed by atoms with E-state index in [4.69, 9.17) is 80.5 Å². The zero-order valence-electron chi connectivity index (χ0n) is 36.2. The van der Waals surface area contributed by atoms with Crippen LogP contribution < -0.4 is 0 Å². The van der Waals surface area contributed by atoms with E-state index in [1.54, 1.807) is 6.92 Å². The molecule has 7 rings (SSSR count). The van der Waals surface area contributed by atoms with Crippen molar-refractivity contribution in [3.63, 3.8) is 0 Å². The van der Waals surface area contributed by atoms with E-state index in [1.807, 2.05) is 30.3 Å². The predicted octanol–water partition coefficient (Wildman–Crippen LogP) is 0.749. The number of hydrogen-bond acceptors (Lipinski definition) is 23. The molecule has 0 saturated carbocycles. The molecule has 64 heavy (non-hydrogen) atoms. The maximum absolute atomic E-state index is 12.8. The number of benzene rings is 1. The molecule has 23 heteroatoms. The molecule has 0 aromatic heterocycles. The second-order valence-corrected chi connectivity index (χ2v) is 15.8. The van der Waals surface area contributed by atoms with Crippen molar-refractivity contribution in [2.24, 2.45) is 0 Å². The number of fused-ring (bicyclic) bond motifs is 3. The third-order valence-electron chi connectivity index (χ3n) is 10.7. The first-order valence-corrected chi connectivity index (χ1v) is 20.6. The third-order valence-corrected chi connectivity index (χ3v) is 10.7. The fraction of sp³-hybridized carbons (Fsp3) is 0.707. The van der Waals surface area contributed by atoms with Crippen LogP contribution in [-0.4, -0.2) is 160 Å². The first-order chi connectivity index (χ1) is 30.4. The van der Waals surface area contributed by atoms with Gasteiger partial charge in [0.05, 0.1) is 13.2 Å². The monoisotopic (exact) mass is 912 g/mol. The summed E-state index contributed by atoms with van der Waals surface area (Å²) in [6.45, 7) is 8.86. The quantitative estimate of drug-likeness (QED) is 0.195. The number of rotatable bonds is 13. The van der Waals surface area contributed by atoms with Gasteiger partial charge in [-0.3, -0.25) is 33.5 Å². The molecule has 0 N–H and O–H groups in total. The first-order valence-electron chi connectivity index (χ1n) is 20.6. The summed E-state index contributed by atoms with van der Waals surface area (Å²) in [7, 11) is 0. The van der Waals surface area contributed by atoms with Crippen molar-refractivity contribution < 1.29 is 109 Å². The van der Waals surface area contributed by atoms with Gasteiger partial charge in [0.2, 0.25) is 0 Å². The molecule has 1 aromatic carbocycles. The Morgan fingerprint density at radius 3 is 1.81 bits per heavy atom. The van der Waals surface area contributed by atoms with Crippen molar-refractivity contribution in [3.05, 3.63) is 35.9 Å². The smallest absolute Gasteiger partial charge is 0.303 e. The lowest BCUT2D eigenvalue weighted by Gasteiger charge is -2.47. The summed E-state index contributed by atoms with van der Waals surface area (Å²) in [5.41, 5.74) is 0.737. The predicted molar refractivity (Wildman–Crippen MR) is 201 cm³/mol. The van der Waals surface area contributed by atoms with E-state index >= 15 is 0 Å². The number of carbonyl (C=O) groups is 6. The minimum Gasteiger partial charge on any atom is -0.463 e. The summed E-state index contributed by atoms with van der Waals surface area (Å²) >= 11 is 0. The maximum atomic E-state index is 12.8. The van der Waals surface area contributed by atoms with Crippen molar-refractivity contribution >= 4 is 35.8 Å². The van der Waals surface area contributed by atoms with Crippen LogP contribution in [0.5, 0.6) is 0 Å². The molecular formula is C41H52O23. The normalized spacial score (nSPS) is 40.1. The Morgan fingerprint density at radius 1 is 0.578 bits per heavy atom. The topological polar surface area (TPSA) is 259 Å². The van der Waals surface area contributed by atoms with E-state index in [1.165, 1.54) is 13.8 Å². The standard InChI is InChI=1S/C41H52O23/c1-17(42)48-14-25-28(51-18(2)43)31(53-20(4)45)34(55-22(6)47)39(58-25)62-32-29(52-19(3)44)27(59-38-35(32)56-23(7)57-38)16-50-41(8)63-36-33(54-21(5)46)30-26(60-40(36)64-41)15-49-37(61-30)24-12-10-9-11-13-24/h9-13,23,25-40H,14-16H2,1-8H3/t23?,25-,26-,27-,28-,29-,30-,31+,32+,33+,34-,35-,36-,37-,38+,39+,40-,41+/m1/s1. The Morgan fingerprint density at radius 2 is 1.17 bits per heavy atom. The van der Waals surface area contributed by atoms with Crippen LogP contribution in [0, 0.1) is 0 Å². The Kier molecular flexibility index (Phi) is 14.9. The molecule has 0 radical (unpaired) electrons. The zero-order chi connectivity index (χ0) is 46.0. The average molecular weight is 913 g/mol. The maximum Gasteiger partial charge on any atom is 0.303 e. The third kappa shape index (κ3) is 11.0. The first kappa shape index (κ1) is 47.6. The van der Waals surface area contributed by atoms with Gasteiger partial charge in [-0.05, 0) is 6.92 Å². The van der Waals surface area contributed by atoms with Gasteiger partial charge in [-0.2, -0.15) is 0 Å². The summed E-state index contributed by atoms with van der Waals surface area (Å²) in [4.78, 5) is 74.5. The van der Waals surface area contributed by atoms with Gasteiger partial charge < -0.3 is 75.8 Å². The van der Waals surface area contributed by atoms with Crippen LogP contribution in [0.4, 0.5) is 0 Å². The highest BCUT2D eigenvalue weighted by Gasteiger charge is 2.62. The molecule has 23 nitrogen and oxygen atoms in total. The van der Waals surface area contributed by atoms with Crippen LogP contribution in [0.2, 0.25) is 0 Å². The molecule has 6 aliphatic heterocycles. The van der Waals surface area contributed by atoms with E-state index in [0.29, 0.717) is 0 Å². The molecular weight excluding hydrogens is 860 g/mol. The number of carbonyl (C=O) groups excluding carboxylic acids is 6. The minimum absolute atomic E-state index is 0.0656. The molecule has 6 saturated heterocycles. The van der Waals surface area contributed by atoms with Crippen LogP contribution in [-0.2, 0) is 109 Å². The number of ether oxygens (including phenoxy) is 17. The molecule has 6 aliphatic rings. The van der Waals surface area contributed by atoms with Gasteiger partial charge in [0.15, 0.2) is 68.1 Å². The van der Waals surface area contributed by atoms with Crippen molar-refractivity contribution in [1.29, 1.82) is 0 Å². The van der Waals surface area contributed by atoms with Gasteiger partial charge in [0.25, 0.3) is 5.97 Å². The average Bonchev–Trinajstić information content (AvgIpc) is 3.76. The van der Waals surface area contributed by atoms with Crippen LogP contribution in [0.1, 0.15) is 67.2 Å². The molecule has 1 aromatic rings. The van der Waals surface area contributed by atoms with Crippen LogP contribution in [0.15, 0.2) is 30.3 Å². The summed E-state index contributed by atoms with van der Waals surface area (Å²) in [5.74, 6) is -6.60. The van der Waals surface area contributed by atoms with Crippen molar-refractivity contribution in [2.45, 2.75) is 166 Å². The molecule has 18 atom stereocenters. The van der Waals surface area contributed by atoms with Crippen LogP contribution in [0.3, 0.4) is 0 Å². The molecule has 0 amide bonds. The van der Waals surface area contributed by atoms with E-state index in [-0.39, 0.29) is 6.61 Å². The van der Waals surface area contributed by atoms with E-state index < -0.39 is 160 Å². The highest BCUT2D eigenvalue weighted by molar-refractivity contribution is 5.69. The highest BCUT2D eigenvalue weighted by atomic mass is 16.9. The lowest BCUT2D eigenvalue weighted by atomic mass is 9.96. The molecule has 354 valence electrons. The largest absolute Gasteiger partial charge is 0.463 e. The van der Waals surface area contributed by atoms with Gasteiger partial charge in [-0.15, -0.1) is 0 Å². The molecule has 0 bridgehead atoms. The Bertz CT molecular complexity index is 1860. The zero-order valence-corrected chi connectivity index (χ0v) is 36.2. The van der Waals surface area contributed by atoms with Gasteiger partial charge in [0.1, 0.15) is 43.2 Å². The van der Waals surface area contributed by atoms with Crippen LogP contribution in [0.25, 0.3) is 0 Å². The number of esters is 6. The SMILES string of the molecule is CC(=O)OC[C@H]1O[C@@H](O[C@@H]2[C@H]3OC(C)O[C@H]3O[C@H](CO[C@]3(C)O[C@H]4O[C@@H]5CO[C@@H](c6ccccc6)O[C@H]5[C@H](OC(C)=O)[C@H]4O3)[C@H]2OC(C)=O)[C@H](OC(C)=O)[C@@H](OC(C)=O)[C@@H]1OC(C)=O. The molecule has 0 aliphatic carbocycles. The van der Waals surface area contributed by atoms with Gasteiger partial charge in [-0.25, -0.2) is 0 Å². The fourth-order valence-corrected chi connectivity index (χ4v) is 8.31. The lowest BCUT2D eigenvalue weighted by molar-refractivity contribution is -0.371. The Labute approximate surface area is 366 Å². The van der Waals surface area contributed by atoms with Crippen LogP contribution >= 0.6 is 0 Å². The van der Waals surface area contributed by atoms with E-state index in [0.717, 1.165) is 40.2 Å². The second-order valence-electron chi connectivity index (χ2n) is 15.8. The second kappa shape index (κ2) is 20.0. The lowest BCUT2D eigenvalue weighted by Crippen LogP contribution is -2.66. The molecule has 0 spiro atoms. The Hall–Kier alpha value is -4.40. The summed E-state index contributed by atoms with van der Waals surface area (Å²) in [6, 6.07) is 9.19. The van der Waals surface area contributed by atoms with Gasteiger partial charge in [-0.1, -0.05) is 30.3 Å². The molecule has 6 heterocycles. The number of hydrogen-bond donors (Lipinski definition) is 0. The fourth-order valence-electron chi connectivity index (χ4n) is 8.31. The van der Waals surface area contributed by atoms with E-state index in [9.17, 15) is 28.8 Å². The summed E-state index contributed by atoms with van der Waals surface area (Å²) in [6.07, 6.45) is -20.6. The molecule has 1 unspecified atom stereocenters. The molecule has 6 fully saturated rings. The Balaban J connectivity index is 1.14. The van der Waals surface area contributed by atoms with Crippen molar-refractivity contribution in [3.8, 4) is 0 Å². The summed E-state index contributed by atoms with van der Waals surface area (Å²) in [5, 5.41) is 0. The van der Waals surface area contributed by atoms with Gasteiger partial charge >= 0.3 is 35.8 Å². The highest BCUT2D eigenvalue weighted by Crippen LogP contribution is 2.44. The van der Waals surface area contributed by atoms with Gasteiger partial charge in [0, 0.05) is 54.0 Å².